The molecule has 10 N–H and O–H groups in total. The fraction of sp³-hybridized carbons (Fsp3) is 0.633. The lowest BCUT2D eigenvalue weighted by atomic mass is 9.85. The first kappa shape index (κ1) is 64.8. The Hall–Kier alpha value is -3.20. The van der Waals surface area contributed by atoms with Gasteiger partial charge in [-0.2, -0.15) is 0 Å². The Labute approximate surface area is 413 Å². The van der Waals surface area contributed by atoms with E-state index in [-0.39, 0.29) is 25.7 Å². The number of unbranched alkanes of at least 4 members (excludes halogenated alkanes) is 7. The predicted octanol–water partition coefficient (Wildman–Crippen LogP) is 6.08. The van der Waals surface area contributed by atoms with Crippen molar-refractivity contribution in [3.63, 3.8) is 0 Å². The number of carbonyl (C=O) groups excluding carboxylic acids is 2. The highest BCUT2D eigenvalue weighted by Gasteiger charge is 2.54. The molecule has 1 fully saturated rings. The van der Waals surface area contributed by atoms with Crippen LogP contribution in [-0.4, -0.2) is 137 Å². The van der Waals surface area contributed by atoms with Gasteiger partial charge in [-0.05, 0) is 64.2 Å². The molecule has 0 aliphatic heterocycles. The van der Waals surface area contributed by atoms with Gasteiger partial charge in [-0.15, -0.1) is 0 Å². The first-order chi connectivity index (χ1) is 33.3. The maximum Gasteiger partial charge on any atom is 0.472 e. The van der Waals surface area contributed by atoms with Crippen LogP contribution in [0.25, 0.3) is 0 Å². The van der Waals surface area contributed by atoms with Gasteiger partial charge in [0.05, 0.1) is 24.9 Å². The monoisotopic (exact) mass is 1030 g/mol. The van der Waals surface area contributed by atoms with E-state index in [1.165, 1.54) is 50.7 Å². The van der Waals surface area contributed by atoms with Crippen LogP contribution in [0.5, 0.6) is 0 Å². The molecule has 21 heteroatoms. The fourth-order valence-corrected chi connectivity index (χ4v) is 8.16. The maximum absolute atomic E-state index is 13.0. The molecule has 400 valence electrons. The van der Waals surface area contributed by atoms with Gasteiger partial charge in [0.25, 0.3) is 0 Å². The van der Waals surface area contributed by atoms with E-state index in [1.807, 2.05) is 37.3 Å². The fourth-order valence-electron chi connectivity index (χ4n) is 6.62. The lowest BCUT2D eigenvalue weighted by Crippen LogP contribution is -2.64. The zero-order valence-corrected chi connectivity index (χ0v) is 42.3. The molecule has 0 aromatic heterocycles. The molecule has 1 aliphatic rings. The van der Waals surface area contributed by atoms with Gasteiger partial charge in [0, 0.05) is 12.8 Å². The van der Waals surface area contributed by atoms with E-state index in [9.17, 15) is 69.1 Å². The lowest BCUT2D eigenvalue weighted by molar-refractivity contribution is -0.216. The summed E-state index contributed by atoms with van der Waals surface area (Å²) in [5.41, 5.74) is 0. The van der Waals surface area contributed by atoms with E-state index in [2.05, 4.69) is 29.7 Å². The second kappa shape index (κ2) is 38.4. The summed E-state index contributed by atoms with van der Waals surface area (Å²) in [6.07, 6.45) is 23.0. The van der Waals surface area contributed by atoms with E-state index in [0.717, 1.165) is 19.3 Å². The van der Waals surface area contributed by atoms with Crippen LogP contribution in [0.4, 0.5) is 0 Å². The summed E-state index contributed by atoms with van der Waals surface area (Å²) in [7, 11) is -10.8. The lowest BCUT2D eigenvalue weighted by Gasteiger charge is -2.43. The second-order valence-corrected chi connectivity index (χ2v) is 19.3. The third kappa shape index (κ3) is 32.0. The van der Waals surface area contributed by atoms with Crippen LogP contribution in [0.3, 0.4) is 0 Å². The highest BCUT2D eigenvalue weighted by molar-refractivity contribution is 7.47. The zero-order valence-electron chi connectivity index (χ0n) is 40.5. The van der Waals surface area contributed by atoms with Crippen molar-refractivity contribution in [1.82, 2.24) is 0 Å². The van der Waals surface area contributed by atoms with Crippen molar-refractivity contribution in [2.75, 3.05) is 13.2 Å². The first-order valence-electron chi connectivity index (χ1n) is 24.1. The molecular formula is C49H80O19P2. The van der Waals surface area contributed by atoms with Gasteiger partial charge in [-0.25, -0.2) is 9.13 Å². The van der Waals surface area contributed by atoms with Crippen molar-refractivity contribution in [2.45, 2.75) is 184 Å². The summed E-state index contributed by atoms with van der Waals surface area (Å²) < 4.78 is 49.1. The maximum atomic E-state index is 13.0. The first-order valence-corrected chi connectivity index (χ1v) is 27.1. The SMILES string of the molecule is CC/C=C\C[C@@H](O)/C=C/C=C/C=C\C=C/[C@H](O)[C@@H](O)CCCC(=O)OC[C@H](COP(=O)(O)O[C@H]1C(O)C(O)C(O)[C@@H](OP(=O)(O)O)C1O)OC(=O)CCC/C=C\C/C=C\C/C=C\CCCCCCCC. The van der Waals surface area contributed by atoms with Crippen molar-refractivity contribution in [3.8, 4) is 0 Å². The molecule has 1 saturated carbocycles. The van der Waals surface area contributed by atoms with Gasteiger partial charge in [0.15, 0.2) is 6.10 Å². The van der Waals surface area contributed by atoms with Gasteiger partial charge < -0.3 is 59.9 Å². The molecule has 0 heterocycles. The Morgan fingerprint density at radius 3 is 1.77 bits per heavy atom. The van der Waals surface area contributed by atoms with Crippen LogP contribution in [0.1, 0.15) is 123 Å². The number of aliphatic hydroxyl groups is 7. The smallest absolute Gasteiger partial charge is 0.462 e. The highest BCUT2D eigenvalue weighted by atomic mass is 31.2. The molecule has 0 spiro atoms. The minimum Gasteiger partial charge on any atom is -0.462 e. The van der Waals surface area contributed by atoms with Gasteiger partial charge >= 0.3 is 27.6 Å². The topological polar surface area (TPSA) is 317 Å². The molecular weight excluding hydrogens is 954 g/mol. The number of ether oxygens (including phenoxy) is 2. The van der Waals surface area contributed by atoms with Crippen molar-refractivity contribution >= 4 is 27.6 Å². The second-order valence-electron chi connectivity index (χ2n) is 16.7. The number of hydrogen-bond acceptors (Lipinski definition) is 16. The summed E-state index contributed by atoms with van der Waals surface area (Å²) >= 11 is 0. The molecule has 1 rings (SSSR count). The molecule has 19 nitrogen and oxygen atoms in total. The molecule has 0 amide bonds. The van der Waals surface area contributed by atoms with Crippen LogP contribution in [0.15, 0.2) is 97.2 Å². The van der Waals surface area contributed by atoms with Crippen molar-refractivity contribution in [2.24, 2.45) is 0 Å². The summed E-state index contributed by atoms with van der Waals surface area (Å²) in [5, 5.41) is 71.8. The van der Waals surface area contributed by atoms with Crippen LogP contribution >= 0.6 is 15.6 Å². The van der Waals surface area contributed by atoms with E-state index in [4.69, 9.17) is 18.5 Å². The summed E-state index contributed by atoms with van der Waals surface area (Å²) in [6.45, 7) is 2.56. The molecule has 11 atom stereocenters. The average molecular weight is 1040 g/mol. The number of allylic oxidation sites excluding steroid dienone is 13. The Morgan fingerprint density at radius 1 is 0.586 bits per heavy atom. The summed E-state index contributed by atoms with van der Waals surface area (Å²) in [6, 6.07) is 0. The van der Waals surface area contributed by atoms with Gasteiger partial charge in [0.2, 0.25) is 0 Å². The van der Waals surface area contributed by atoms with Crippen LogP contribution < -0.4 is 0 Å². The van der Waals surface area contributed by atoms with Gasteiger partial charge in [-0.3, -0.25) is 23.2 Å². The molecule has 0 bridgehead atoms. The predicted molar refractivity (Wildman–Crippen MR) is 263 cm³/mol. The van der Waals surface area contributed by atoms with Crippen molar-refractivity contribution < 1.29 is 92.2 Å². The van der Waals surface area contributed by atoms with E-state index in [1.54, 1.807) is 36.5 Å². The number of esters is 2. The number of phosphoric acid groups is 2. The summed E-state index contributed by atoms with van der Waals surface area (Å²) in [4.78, 5) is 54.3. The highest BCUT2D eigenvalue weighted by Crippen LogP contribution is 2.49. The van der Waals surface area contributed by atoms with Crippen LogP contribution in [0, 0.1) is 0 Å². The number of carbonyl (C=O) groups is 2. The number of hydrogen-bond donors (Lipinski definition) is 10. The molecule has 0 saturated heterocycles. The largest absolute Gasteiger partial charge is 0.472 e. The van der Waals surface area contributed by atoms with Crippen LogP contribution in [0.2, 0.25) is 0 Å². The zero-order chi connectivity index (χ0) is 52.2. The molecule has 0 aromatic carbocycles. The van der Waals surface area contributed by atoms with E-state index >= 15 is 0 Å². The Bertz CT molecular complexity index is 1770. The Kier molecular flexibility index (Phi) is 35.6. The molecule has 0 radical (unpaired) electrons. The Morgan fingerprint density at radius 2 is 1.14 bits per heavy atom. The minimum absolute atomic E-state index is 0.0105. The minimum atomic E-state index is -5.41. The average Bonchev–Trinajstić information content (AvgIpc) is 3.31. The van der Waals surface area contributed by atoms with Crippen molar-refractivity contribution in [3.05, 3.63) is 97.2 Å². The molecule has 0 aromatic rings. The third-order valence-electron chi connectivity index (χ3n) is 10.5. The summed E-state index contributed by atoms with van der Waals surface area (Å²) in [5.74, 6) is -1.61. The Balaban J connectivity index is 2.77. The quantitative estimate of drug-likeness (QED) is 0.0110. The van der Waals surface area contributed by atoms with E-state index in [0.29, 0.717) is 25.7 Å². The van der Waals surface area contributed by atoms with Gasteiger partial charge in [0.1, 0.15) is 43.2 Å². The molecule has 1 aliphatic carbocycles. The number of aliphatic hydroxyl groups excluding tert-OH is 7. The standard InChI is InChI=1S/C49H80O19P2/c1-3-5-7-8-9-10-11-12-13-14-15-16-17-18-19-24-28-34-43(54)66-39(37-65-70(62,63)68-49-46(57)44(55)45(56)48(47(49)58)67-69(59,60)61)36-64-42(53)35-29-33-41(52)40(51)32-27-23-21-20-22-26-31-38(50)30-25-6-4-2/h6,12-13,15-16,18-23,25-27,31-32,38-41,44-52,55-58H,3-5,7-11,14,17,24,28-30,33-37H2,1-2H3,(H,62,63)(H2,59,60,61)/b13-12-,16-15-,19-18-,22-20+,23-21-,25-6-,31-26+,32-27-/t38-,39-,40+,41+,44?,45?,46?,47?,48-,49+/m1/s1. The third-order valence-corrected chi connectivity index (χ3v) is 12.0. The number of phosphoric ester groups is 2. The van der Waals surface area contributed by atoms with Crippen LogP contribution in [-0.2, 0) is 41.8 Å². The van der Waals surface area contributed by atoms with E-state index < -0.39 is 102 Å². The molecule has 5 unspecified atom stereocenters. The normalized spacial score (nSPS) is 23.2. The van der Waals surface area contributed by atoms with Gasteiger partial charge in [-0.1, -0.05) is 143 Å². The number of rotatable bonds is 38. The van der Waals surface area contributed by atoms with Crippen molar-refractivity contribution in [1.29, 1.82) is 0 Å². The molecule has 70 heavy (non-hydrogen) atoms.